The Labute approximate surface area is 119 Å². The second kappa shape index (κ2) is 3.89. The number of aliphatic hydroxyl groups excluding tert-OH is 1. The van der Waals surface area contributed by atoms with Crippen molar-refractivity contribution in [3.63, 3.8) is 0 Å². The molecule has 0 aromatic heterocycles. The molecule has 3 fully saturated rings. The number of fused-ring (bicyclic) bond motifs is 1. The van der Waals surface area contributed by atoms with Crippen LogP contribution in [0.2, 0.25) is 0 Å². The van der Waals surface area contributed by atoms with Crippen LogP contribution < -0.4 is 0 Å². The molecule has 0 spiro atoms. The van der Waals surface area contributed by atoms with Gasteiger partial charge in [0.2, 0.25) is 0 Å². The van der Waals surface area contributed by atoms with Crippen molar-refractivity contribution in [1.82, 2.24) is 0 Å². The maximum Gasteiger partial charge on any atom is 0.328 e. The zero-order valence-corrected chi connectivity index (χ0v) is 10.9. The van der Waals surface area contributed by atoms with E-state index in [1.54, 1.807) is 0 Å². The number of ether oxygens (including phenoxy) is 3. The summed E-state index contributed by atoms with van der Waals surface area (Å²) in [6.45, 7) is 0. The van der Waals surface area contributed by atoms with E-state index in [1.807, 2.05) is 6.11 Å². The van der Waals surface area contributed by atoms with Crippen molar-refractivity contribution < 1.29 is 38.8 Å². The zero-order valence-electron chi connectivity index (χ0n) is 10.9. The zero-order chi connectivity index (χ0) is 15.6. The lowest BCUT2D eigenvalue weighted by molar-refractivity contribution is -0.240. The molecule has 1 saturated heterocycles. The summed E-state index contributed by atoms with van der Waals surface area (Å²) < 4.78 is 14.6. The standard InChI is InChI=1S/C13H12O8/c1-3-20-13-6-4-5(8(13)14)7(9(15)19-2)12(6,10(16)17)11(18)21-13/h1,5-8,14H,4H2,2H3,(H,16,17). The van der Waals surface area contributed by atoms with Gasteiger partial charge in [0.15, 0.2) is 5.41 Å². The van der Waals surface area contributed by atoms with Crippen LogP contribution in [0.15, 0.2) is 0 Å². The average Bonchev–Trinajstić information content (AvgIpc) is 2.98. The van der Waals surface area contributed by atoms with E-state index in [0.29, 0.717) is 0 Å². The number of hydrogen-bond acceptors (Lipinski definition) is 7. The summed E-state index contributed by atoms with van der Waals surface area (Å²) >= 11 is 0. The van der Waals surface area contributed by atoms with Crippen LogP contribution in [0.3, 0.4) is 0 Å². The van der Waals surface area contributed by atoms with E-state index in [2.05, 4.69) is 4.74 Å². The maximum atomic E-state index is 12.2. The number of terminal acetylenes is 1. The first-order chi connectivity index (χ1) is 9.87. The van der Waals surface area contributed by atoms with Crippen LogP contribution >= 0.6 is 0 Å². The molecule has 1 heterocycles. The molecule has 6 unspecified atom stereocenters. The number of carbonyl (C=O) groups is 3. The Kier molecular flexibility index (Phi) is 2.54. The van der Waals surface area contributed by atoms with Gasteiger partial charge >= 0.3 is 17.9 Å². The highest BCUT2D eigenvalue weighted by molar-refractivity contribution is 6.06. The van der Waals surface area contributed by atoms with Crippen molar-refractivity contribution in [3.8, 4) is 12.5 Å². The normalized spacial score (nSPS) is 45.9. The van der Waals surface area contributed by atoms with Crippen LogP contribution in [0.25, 0.3) is 0 Å². The Morgan fingerprint density at radius 2 is 2.19 bits per heavy atom. The van der Waals surface area contributed by atoms with E-state index in [4.69, 9.17) is 15.9 Å². The fraction of sp³-hybridized carbons (Fsp3) is 0.615. The predicted molar refractivity (Wildman–Crippen MR) is 61.9 cm³/mol. The SMILES string of the molecule is C#COC12OC(=O)C3(C(=O)O)C(C(=O)OC)C(CC13)C2O. The second-order valence-electron chi connectivity index (χ2n) is 5.40. The molecule has 3 aliphatic rings. The number of rotatable bonds is 3. The van der Waals surface area contributed by atoms with E-state index >= 15 is 0 Å². The first-order valence-corrected chi connectivity index (χ1v) is 6.24. The third-order valence-electron chi connectivity index (χ3n) is 4.90. The lowest BCUT2D eigenvalue weighted by Crippen LogP contribution is -2.58. The summed E-state index contributed by atoms with van der Waals surface area (Å²) in [6.07, 6.45) is 5.57. The van der Waals surface area contributed by atoms with Crippen LogP contribution in [-0.4, -0.2) is 47.1 Å². The molecule has 6 atom stereocenters. The molecule has 2 aliphatic carbocycles. The van der Waals surface area contributed by atoms with E-state index in [-0.39, 0.29) is 6.42 Å². The molecule has 0 aromatic carbocycles. The first-order valence-electron chi connectivity index (χ1n) is 6.24. The maximum absolute atomic E-state index is 12.2. The van der Waals surface area contributed by atoms with Crippen LogP contribution in [0, 0.1) is 35.7 Å². The summed E-state index contributed by atoms with van der Waals surface area (Å²) in [5, 5.41) is 19.9. The van der Waals surface area contributed by atoms with Gasteiger partial charge in [-0.1, -0.05) is 6.42 Å². The molecule has 1 aliphatic heterocycles. The molecule has 8 nitrogen and oxygen atoms in total. The monoisotopic (exact) mass is 296 g/mol. The summed E-state index contributed by atoms with van der Waals surface area (Å²) in [5.41, 5.74) is -2.13. The summed E-state index contributed by atoms with van der Waals surface area (Å²) in [5.74, 6) is -8.64. The lowest BCUT2D eigenvalue weighted by Gasteiger charge is -2.37. The third-order valence-corrected chi connectivity index (χ3v) is 4.90. The quantitative estimate of drug-likeness (QED) is 0.375. The van der Waals surface area contributed by atoms with Gasteiger partial charge in [-0.3, -0.25) is 14.4 Å². The highest BCUT2D eigenvalue weighted by atomic mass is 16.7. The van der Waals surface area contributed by atoms with E-state index in [0.717, 1.165) is 7.11 Å². The number of carboxylic acid groups (broad SMARTS) is 1. The van der Waals surface area contributed by atoms with E-state index in [9.17, 15) is 24.6 Å². The van der Waals surface area contributed by atoms with E-state index < -0.39 is 53.0 Å². The molecule has 0 amide bonds. The molecule has 0 aromatic rings. The number of aliphatic hydroxyl groups is 1. The van der Waals surface area contributed by atoms with Crippen molar-refractivity contribution in [2.45, 2.75) is 18.3 Å². The summed E-state index contributed by atoms with van der Waals surface area (Å²) in [6, 6.07) is 0. The number of carbonyl (C=O) groups excluding carboxylic acids is 2. The molecule has 112 valence electrons. The van der Waals surface area contributed by atoms with Crippen LogP contribution in [0.5, 0.6) is 0 Å². The van der Waals surface area contributed by atoms with Crippen LogP contribution in [-0.2, 0) is 28.6 Å². The topological polar surface area (TPSA) is 119 Å². The van der Waals surface area contributed by atoms with Gasteiger partial charge in [0, 0.05) is 5.92 Å². The van der Waals surface area contributed by atoms with Gasteiger partial charge in [-0.15, -0.1) is 0 Å². The van der Waals surface area contributed by atoms with Crippen molar-refractivity contribution >= 4 is 17.9 Å². The molecular formula is C13H12O8. The molecule has 2 N–H and O–H groups in total. The molecule has 3 rings (SSSR count). The van der Waals surface area contributed by atoms with Crippen LogP contribution in [0.1, 0.15) is 6.42 Å². The second-order valence-corrected chi connectivity index (χ2v) is 5.40. The predicted octanol–water partition coefficient (Wildman–Crippen LogP) is -1.28. The average molecular weight is 296 g/mol. The molecule has 2 bridgehead atoms. The number of aliphatic carboxylic acids is 1. The van der Waals surface area contributed by atoms with Crippen molar-refractivity contribution in [3.05, 3.63) is 0 Å². The Hall–Kier alpha value is -2.27. The largest absolute Gasteiger partial charge is 0.480 e. The van der Waals surface area contributed by atoms with Crippen LogP contribution in [0.4, 0.5) is 0 Å². The molecule has 0 radical (unpaired) electrons. The number of esters is 2. The number of carboxylic acids is 1. The highest BCUT2D eigenvalue weighted by Gasteiger charge is 2.87. The van der Waals surface area contributed by atoms with Crippen molar-refractivity contribution in [2.75, 3.05) is 7.11 Å². The van der Waals surface area contributed by atoms with Gasteiger partial charge in [-0.2, -0.15) is 0 Å². The molecule has 21 heavy (non-hydrogen) atoms. The van der Waals surface area contributed by atoms with Gasteiger partial charge in [0.05, 0.1) is 18.9 Å². The van der Waals surface area contributed by atoms with Gasteiger partial charge in [0.1, 0.15) is 12.2 Å². The van der Waals surface area contributed by atoms with Crippen molar-refractivity contribution in [2.24, 2.45) is 23.2 Å². The van der Waals surface area contributed by atoms with Gasteiger partial charge < -0.3 is 24.4 Å². The Balaban J connectivity index is 2.20. The smallest absolute Gasteiger partial charge is 0.328 e. The first kappa shape index (κ1) is 13.7. The fourth-order valence-electron chi connectivity index (χ4n) is 4.18. The molecular weight excluding hydrogens is 284 g/mol. The highest BCUT2D eigenvalue weighted by Crippen LogP contribution is 2.69. The summed E-state index contributed by atoms with van der Waals surface area (Å²) in [7, 11) is 1.09. The van der Waals surface area contributed by atoms with Gasteiger partial charge in [-0.05, 0) is 6.42 Å². The lowest BCUT2D eigenvalue weighted by atomic mass is 9.65. The van der Waals surface area contributed by atoms with Gasteiger partial charge in [0.25, 0.3) is 5.79 Å². The number of methoxy groups -OCH3 is 1. The minimum Gasteiger partial charge on any atom is -0.480 e. The minimum absolute atomic E-state index is 0.0701. The Morgan fingerprint density at radius 1 is 1.52 bits per heavy atom. The number of hydrogen-bond donors (Lipinski definition) is 2. The minimum atomic E-state index is -2.13. The van der Waals surface area contributed by atoms with Crippen molar-refractivity contribution in [1.29, 1.82) is 0 Å². The molecule has 2 saturated carbocycles. The Bertz CT molecular complexity index is 591. The third kappa shape index (κ3) is 1.19. The van der Waals surface area contributed by atoms with Gasteiger partial charge in [-0.25, -0.2) is 0 Å². The Morgan fingerprint density at radius 3 is 2.71 bits per heavy atom. The summed E-state index contributed by atoms with van der Waals surface area (Å²) in [4.78, 5) is 36.0. The fourth-order valence-corrected chi connectivity index (χ4v) is 4.18. The van der Waals surface area contributed by atoms with E-state index in [1.165, 1.54) is 0 Å². The molecule has 8 heteroatoms.